The molecule has 5 heteroatoms. The average Bonchev–Trinajstić information content (AvgIpc) is 2.79. The Morgan fingerprint density at radius 2 is 2.05 bits per heavy atom. The summed E-state index contributed by atoms with van der Waals surface area (Å²) in [7, 11) is 0. The Bertz CT molecular complexity index is 699. The molecule has 1 saturated carbocycles. The standard InChI is InChI=1S/C17H22N2O3/c1-10(12-5-7-13(20)8-6-12)19-11(2)15(17(21)22)14-4-3-9-18-16(14)19/h3-4,9-10,12-13,20H,5-8H2,1-2H3,(H,21,22)/t10-,12?,13?/m1/s1. The second kappa shape index (κ2) is 5.72. The number of carboxylic acids is 1. The van der Waals surface area contributed by atoms with Crippen molar-refractivity contribution in [2.24, 2.45) is 5.92 Å². The van der Waals surface area contributed by atoms with Crippen LogP contribution in [-0.2, 0) is 0 Å². The Morgan fingerprint density at radius 1 is 1.36 bits per heavy atom. The second-order valence-corrected chi connectivity index (χ2v) is 6.32. The Hall–Kier alpha value is -1.88. The molecular weight excluding hydrogens is 280 g/mol. The van der Waals surface area contributed by atoms with Gasteiger partial charge in [0.2, 0.25) is 0 Å². The Morgan fingerprint density at radius 3 is 2.68 bits per heavy atom. The summed E-state index contributed by atoms with van der Waals surface area (Å²) in [6.07, 6.45) is 5.12. The van der Waals surface area contributed by atoms with Crippen molar-refractivity contribution < 1.29 is 15.0 Å². The van der Waals surface area contributed by atoms with E-state index in [0.717, 1.165) is 37.0 Å². The van der Waals surface area contributed by atoms with E-state index >= 15 is 0 Å². The molecule has 118 valence electrons. The molecule has 1 fully saturated rings. The van der Waals surface area contributed by atoms with Gasteiger partial charge in [-0.3, -0.25) is 0 Å². The zero-order valence-corrected chi connectivity index (χ0v) is 13.0. The number of fused-ring (bicyclic) bond motifs is 1. The summed E-state index contributed by atoms with van der Waals surface area (Å²) in [5.74, 6) is -0.457. The fourth-order valence-corrected chi connectivity index (χ4v) is 3.82. The number of rotatable bonds is 3. The van der Waals surface area contributed by atoms with Gasteiger partial charge in [0.05, 0.1) is 11.7 Å². The van der Waals surface area contributed by atoms with E-state index in [1.165, 1.54) is 0 Å². The van der Waals surface area contributed by atoms with E-state index in [0.29, 0.717) is 16.9 Å². The van der Waals surface area contributed by atoms with Crippen LogP contribution < -0.4 is 0 Å². The second-order valence-electron chi connectivity index (χ2n) is 6.32. The van der Waals surface area contributed by atoms with Crippen LogP contribution in [0.2, 0.25) is 0 Å². The fourth-order valence-electron chi connectivity index (χ4n) is 3.82. The van der Waals surface area contributed by atoms with Crippen molar-refractivity contribution in [2.45, 2.75) is 51.7 Å². The van der Waals surface area contributed by atoms with Crippen molar-refractivity contribution in [3.05, 3.63) is 29.6 Å². The van der Waals surface area contributed by atoms with Gasteiger partial charge in [0.1, 0.15) is 5.65 Å². The van der Waals surface area contributed by atoms with Gasteiger partial charge in [0.15, 0.2) is 0 Å². The number of aromatic carboxylic acids is 1. The SMILES string of the molecule is Cc1c(C(=O)O)c2cccnc2n1[C@H](C)C1CCC(O)CC1. The zero-order chi connectivity index (χ0) is 15.9. The number of aliphatic hydroxyl groups excluding tert-OH is 1. The first-order valence-electron chi connectivity index (χ1n) is 7.87. The van der Waals surface area contributed by atoms with Crippen molar-refractivity contribution in [3.8, 4) is 0 Å². The molecule has 1 aliphatic rings. The molecule has 1 atom stereocenters. The minimum absolute atomic E-state index is 0.179. The van der Waals surface area contributed by atoms with Crippen LogP contribution in [0.1, 0.15) is 54.7 Å². The first kappa shape index (κ1) is 15.0. The summed E-state index contributed by atoms with van der Waals surface area (Å²) in [5, 5.41) is 19.9. The minimum Gasteiger partial charge on any atom is -0.478 e. The quantitative estimate of drug-likeness (QED) is 0.913. The molecule has 2 aromatic heterocycles. The summed E-state index contributed by atoms with van der Waals surface area (Å²) in [4.78, 5) is 16.0. The van der Waals surface area contributed by atoms with Crippen LogP contribution in [0.25, 0.3) is 11.0 Å². The summed E-state index contributed by atoms with van der Waals surface area (Å²) < 4.78 is 2.07. The van der Waals surface area contributed by atoms with Gasteiger partial charge in [-0.25, -0.2) is 9.78 Å². The van der Waals surface area contributed by atoms with Crippen molar-refractivity contribution in [2.75, 3.05) is 0 Å². The normalized spacial score (nSPS) is 23.6. The van der Waals surface area contributed by atoms with E-state index in [1.54, 1.807) is 12.3 Å². The number of aliphatic hydroxyl groups is 1. The van der Waals surface area contributed by atoms with Crippen LogP contribution in [0.5, 0.6) is 0 Å². The highest BCUT2D eigenvalue weighted by molar-refractivity contribution is 6.04. The molecule has 0 bridgehead atoms. The summed E-state index contributed by atoms with van der Waals surface area (Å²) in [6.45, 7) is 3.99. The molecule has 2 N–H and O–H groups in total. The fraction of sp³-hybridized carbons (Fsp3) is 0.529. The lowest BCUT2D eigenvalue weighted by molar-refractivity contribution is 0.0697. The van der Waals surface area contributed by atoms with Crippen molar-refractivity contribution in [1.82, 2.24) is 9.55 Å². The molecule has 0 spiro atoms. The molecule has 0 aromatic carbocycles. The molecule has 0 aliphatic heterocycles. The largest absolute Gasteiger partial charge is 0.478 e. The highest BCUT2D eigenvalue weighted by atomic mass is 16.4. The van der Waals surface area contributed by atoms with Gasteiger partial charge in [0.25, 0.3) is 0 Å². The molecule has 0 amide bonds. The number of hydrogen-bond donors (Lipinski definition) is 2. The third kappa shape index (κ3) is 2.39. The molecule has 5 nitrogen and oxygen atoms in total. The monoisotopic (exact) mass is 302 g/mol. The van der Waals surface area contributed by atoms with Crippen LogP contribution in [0.4, 0.5) is 0 Å². The van der Waals surface area contributed by atoms with Gasteiger partial charge in [-0.05, 0) is 57.6 Å². The van der Waals surface area contributed by atoms with Crippen molar-refractivity contribution >= 4 is 17.0 Å². The molecule has 2 aromatic rings. The smallest absolute Gasteiger partial charge is 0.338 e. The number of carbonyl (C=O) groups is 1. The summed E-state index contributed by atoms with van der Waals surface area (Å²) in [5.41, 5.74) is 1.86. The predicted octanol–water partition coefficient (Wildman–Crippen LogP) is 3.16. The lowest BCUT2D eigenvalue weighted by Crippen LogP contribution is -2.25. The lowest BCUT2D eigenvalue weighted by Gasteiger charge is -2.32. The summed E-state index contributed by atoms with van der Waals surface area (Å²) in [6, 6.07) is 3.78. The van der Waals surface area contributed by atoms with E-state index in [1.807, 2.05) is 13.0 Å². The molecule has 3 rings (SSSR count). The maximum Gasteiger partial charge on any atom is 0.338 e. The van der Waals surface area contributed by atoms with Crippen molar-refractivity contribution in [1.29, 1.82) is 0 Å². The molecule has 0 unspecified atom stereocenters. The number of carboxylic acid groups (broad SMARTS) is 1. The number of hydrogen-bond acceptors (Lipinski definition) is 3. The van der Waals surface area contributed by atoms with E-state index in [2.05, 4.69) is 16.5 Å². The first-order chi connectivity index (χ1) is 10.5. The van der Waals surface area contributed by atoms with Gasteiger partial charge in [-0.15, -0.1) is 0 Å². The maximum absolute atomic E-state index is 11.6. The highest BCUT2D eigenvalue weighted by Gasteiger charge is 2.29. The molecule has 0 radical (unpaired) electrons. The highest BCUT2D eigenvalue weighted by Crippen LogP contribution is 2.37. The number of nitrogens with zero attached hydrogens (tertiary/aromatic N) is 2. The molecule has 22 heavy (non-hydrogen) atoms. The van der Waals surface area contributed by atoms with Crippen LogP contribution >= 0.6 is 0 Å². The minimum atomic E-state index is -0.902. The molecule has 0 saturated heterocycles. The average molecular weight is 302 g/mol. The topological polar surface area (TPSA) is 75.3 Å². The molecule has 2 heterocycles. The third-order valence-electron chi connectivity index (χ3n) is 5.05. The van der Waals surface area contributed by atoms with Crippen LogP contribution in [0, 0.1) is 12.8 Å². The first-order valence-corrected chi connectivity index (χ1v) is 7.87. The van der Waals surface area contributed by atoms with Gasteiger partial charge >= 0.3 is 5.97 Å². The van der Waals surface area contributed by atoms with Crippen LogP contribution in [0.3, 0.4) is 0 Å². The van der Waals surface area contributed by atoms with Gasteiger partial charge < -0.3 is 14.8 Å². The number of aromatic nitrogens is 2. The zero-order valence-electron chi connectivity index (χ0n) is 13.0. The van der Waals surface area contributed by atoms with Crippen LogP contribution in [-0.4, -0.2) is 31.8 Å². The van der Waals surface area contributed by atoms with E-state index in [9.17, 15) is 15.0 Å². The molecular formula is C17H22N2O3. The van der Waals surface area contributed by atoms with E-state index in [-0.39, 0.29) is 12.1 Å². The Balaban J connectivity index is 2.06. The van der Waals surface area contributed by atoms with Gasteiger partial charge in [-0.1, -0.05) is 0 Å². The van der Waals surface area contributed by atoms with E-state index in [4.69, 9.17) is 0 Å². The third-order valence-corrected chi connectivity index (χ3v) is 5.05. The van der Waals surface area contributed by atoms with E-state index < -0.39 is 5.97 Å². The Labute approximate surface area is 129 Å². The van der Waals surface area contributed by atoms with Crippen LogP contribution in [0.15, 0.2) is 18.3 Å². The predicted molar refractivity (Wildman–Crippen MR) is 84.1 cm³/mol. The summed E-state index contributed by atoms with van der Waals surface area (Å²) >= 11 is 0. The number of pyridine rings is 1. The van der Waals surface area contributed by atoms with Gasteiger partial charge in [0, 0.05) is 23.3 Å². The Kier molecular flexibility index (Phi) is 3.91. The van der Waals surface area contributed by atoms with Crippen molar-refractivity contribution in [3.63, 3.8) is 0 Å². The lowest BCUT2D eigenvalue weighted by atomic mass is 9.83. The maximum atomic E-state index is 11.6. The van der Waals surface area contributed by atoms with Gasteiger partial charge in [-0.2, -0.15) is 0 Å². The molecule has 1 aliphatic carbocycles.